The van der Waals surface area contributed by atoms with Gasteiger partial charge in [-0.05, 0) is 62.4 Å². The van der Waals surface area contributed by atoms with E-state index < -0.39 is 12.5 Å². The largest absolute Gasteiger partial charge is 0.434 e. The second-order valence-corrected chi connectivity index (χ2v) is 9.81. The second-order valence-electron chi connectivity index (χ2n) is 9.81. The predicted molar refractivity (Wildman–Crippen MR) is 134 cm³/mol. The van der Waals surface area contributed by atoms with E-state index >= 15 is 0 Å². The summed E-state index contributed by atoms with van der Waals surface area (Å²) in [6.45, 7) is 2.52. The van der Waals surface area contributed by atoms with Crippen LogP contribution in [0.3, 0.4) is 0 Å². The normalized spacial score (nSPS) is 20.8. The van der Waals surface area contributed by atoms with Crippen LogP contribution in [0.5, 0.6) is 5.75 Å². The highest BCUT2D eigenvalue weighted by molar-refractivity contribution is 5.97. The molecule has 2 aromatic rings. The maximum absolute atomic E-state index is 13.0. The van der Waals surface area contributed by atoms with E-state index in [1.807, 2.05) is 0 Å². The van der Waals surface area contributed by atoms with E-state index in [0.29, 0.717) is 32.0 Å². The van der Waals surface area contributed by atoms with Crippen molar-refractivity contribution < 1.29 is 23.1 Å². The van der Waals surface area contributed by atoms with Crippen LogP contribution in [0.15, 0.2) is 48.5 Å². The van der Waals surface area contributed by atoms with E-state index in [4.69, 9.17) is 0 Å². The van der Waals surface area contributed by atoms with Gasteiger partial charge in [0.2, 0.25) is 5.91 Å². The summed E-state index contributed by atoms with van der Waals surface area (Å²) in [5.74, 6) is -0.994. The average Bonchev–Trinajstić information content (AvgIpc) is 2.89. The van der Waals surface area contributed by atoms with Gasteiger partial charge in [-0.1, -0.05) is 42.8 Å². The number of likely N-dealkylation sites (tertiary alicyclic amines) is 2. The molecule has 36 heavy (non-hydrogen) atoms. The summed E-state index contributed by atoms with van der Waals surface area (Å²) in [5.41, 5.74) is 2.38. The van der Waals surface area contributed by atoms with Crippen LogP contribution in [-0.4, -0.2) is 53.9 Å². The minimum Gasteiger partial charge on any atom is -0.434 e. The molecule has 194 valence electrons. The van der Waals surface area contributed by atoms with Crippen molar-refractivity contribution in [3.05, 3.63) is 65.2 Å². The molecule has 2 amide bonds. The van der Waals surface area contributed by atoms with E-state index in [-0.39, 0.29) is 29.7 Å². The zero-order valence-corrected chi connectivity index (χ0v) is 20.8. The fourth-order valence-corrected chi connectivity index (χ4v) is 5.11. The molecule has 0 saturated carbocycles. The van der Waals surface area contributed by atoms with E-state index in [9.17, 15) is 18.4 Å². The van der Waals surface area contributed by atoms with Crippen molar-refractivity contribution in [2.75, 3.05) is 19.6 Å². The SMILES string of the molecule is CC1CCCCN1Cc1ccc(CNC(=O)C2CCCN(C(=O)c3ccccc3OC(F)F)C2)cc1. The lowest BCUT2D eigenvalue weighted by Gasteiger charge is -2.33. The Bertz CT molecular complexity index is 1030. The molecule has 0 aromatic heterocycles. The number of halogens is 2. The highest BCUT2D eigenvalue weighted by atomic mass is 19.3. The van der Waals surface area contributed by atoms with Gasteiger partial charge < -0.3 is 15.0 Å². The zero-order valence-electron chi connectivity index (χ0n) is 20.8. The summed E-state index contributed by atoms with van der Waals surface area (Å²) in [4.78, 5) is 30.0. The van der Waals surface area contributed by atoms with Gasteiger partial charge in [0, 0.05) is 32.2 Å². The number of nitrogens with one attached hydrogen (secondary N) is 1. The van der Waals surface area contributed by atoms with Gasteiger partial charge in [-0.25, -0.2) is 0 Å². The quantitative estimate of drug-likeness (QED) is 0.565. The maximum Gasteiger partial charge on any atom is 0.387 e. The van der Waals surface area contributed by atoms with Crippen LogP contribution in [0, 0.1) is 5.92 Å². The summed E-state index contributed by atoms with van der Waals surface area (Å²) in [6, 6.07) is 15.0. The van der Waals surface area contributed by atoms with Gasteiger partial charge in [0.25, 0.3) is 5.91 Å². The third kappa shape index (κ3) is 6.81. The van der Waals surface area contributed by atoms with Gasteiger partial charge in [0.1, 0.15) is 5.75 Å². The minimum atomic E-state index is -3.01. The van der Waals surface area contributed by atoms with Gasteiger partial charge in [-0.15, -0.1) is 0 Å². The number of para-hydroxylation sites is 1. The van der Waals surface area contributed by atoms with Gasteiger partial charge >= 0.3 is 6.61 Å². The number of amides is 2. The van der Waals surface area contributed by atoms with Gasteiger partial charge in [0.05, 0.1) is 11.5 Å². The Balaban J connectivity index is 1.29. The number of carbonyl (C=O) groups is 2. The number of nitrogens with zero attached hydrogens (tertiary/aromatic N) is 2. The van der Waals surface area contributed by atoms with Crippen LogP contribution in [0.4, 0.5) is 8.78 Å². The van der Waals surface area contributed by atoms with E-state index in [1.165, 1.54) is 37.0 Å². The third-order valence-corrected chi connectivity index (χ3v) is 7.23. The molecule has 2 aliphatic heterocycles. The molecule has 2 unspecified atom stereocenters. The number of ether oxygens (including phenoxy) is 1. The number of alkyl halides is 2. The first-order valence-corrected chi connectivity index (χ1v) is 12.8. The topological polar surface area (TPSA) is 61.9 Å². The lowest BCUT2D eigenvalue weighted by atomic mass is 9.96. The fourth-order valence-electron chi connectivity index (χ4n) is 5.11. The average molecular weight is 500 g/mol. The lowest BCUT2D eigenvalue weighted by molar-refractivity contribution is -0.126. The van der Waals surface area contributed by atoms with E-state index in [0.717, 1.165) is 18.7 Å². The minimum absolute atomic E-state index is 0.0814. The number of hydrogen-bond acceptors (Lipinski definition) is 4. The molecule has 2 atom stereocenters. The molecular formula is C28H35F2N3O3. The Hall–Kier alpha value is -3.00. The number of rotatable bonds is 8. The summed E-state index contributed by atoms with van der Waals surface area (Å²) in [7, 11) is 0. The molecule has 1 N–H and O–H groups in total. The van der Waals surface area contributed by atoms with Crippen molar-refractivity contribution in [3.63, 3.8) is 0 Å². The molecule has 0 spiro atoms. The smallest absolute Gasteiger partial charge is 0.387 e. The van der Waals surface area contributed by atoms with E-state index in [1.54, 1.807) is 17.0 Å². The van der Waals surface area contributed by atoms with Crippen LogP contribution in [0.2, 0.25) is 0 Å². The summed E-state index contributed by atoms with van der Waals surface area (Å²) < 4.78 is 30.0. The molecule has 2 fully saturated rings. The van der Waals surface area contributed by atoms with Crippen LogP contribution in [-0.2, 0) is 17.9 Å². The van der Waals surface area contributed by atoms with Gasteiger partial charge in [-0.3, -0.25) is 14.5 Å². The molecule has 2 aromatic carbocycles. The molecular weight excluding hydrogens is 464 g/mol. The molecule has 2 heterocycles. The highest BCUT2D eigenvalue weighted by Gasteiger charge is 2.30. The van der Waals surface area contributed by atoms with Crippen molar-refractivity contribution in [2.45, 2.75) is 64.8 Å². The fraction of sp³-hybridized carbons (Fsp3) is 0.500. The number of piperidine rings is 2. The maximum atomic E-state index is 13.0. The molecule has 2 aliphatic rings. The lowest BCUT2D eigenvalue weighted by Crippen LogP contribution is -2.45. The summed E-state index contributed by atoms with van der Waals surface area (Å²) >= 11 is 0. The monoisotopic (exact) mass is 499 g/mol. The number of hydrogen-bond donors (Lipinski definition) is 1. The molecule has 0 radical (unpaired) electrons. The highest BCUT2D eigenvalue weighted by Crippen LogP contribution is 2.25. The summed E-state index contributed by atoms with van der Waals surface area (Å²) in [5, 5.41) is 3.00. The third-order valence-electron chi connectivity index (χ3n) is 7.23. The Kier molecular flexibility index (Phi) is 8.91. The van der Waals surface area contributed by atoms with Crippen molar-refractivity contribution in [2.24, 2.45) is 5.92 Å². The Morgan fingerprint density at radius 2 is 1.75 bits per heavy atom. The van der Waals surface area contributed by atoms with Crippen molar-refractivity contribution in [3.8, 4) is 5.75 Å². The number of benzene rings is 2. The van der Waals surface area contributed by atoms with Crippen LogP contribution in [0.25, 0.3) is 0 Å². The Morgan fingerprint density at radius 3 is 2.50 bits per heavy atom. The zero-order chi connectivity index (χ0) is 25.5. The summed E-state index contributed by atoms with van der Waals surface area (Å²) in [6.07, 6.45) is 5.17. The first kappa shape index (κ1) is 26.1. The second kappa shape index (κ2) is 12.3. The molecule has 4 rings (SSSR count). The molecule has 6 nitrogen and oxygen atoms in total. The van der Waals surface area contributed by atoms with Crippen LogP contribution >= 0.6 is 0 Å². The van der Waals surface area contributed by atoms with Crippen LogP contribution in [0.1, 0.15) is 60.5 Å². The van der Waals surface area contributed by atoms with Crippen molar-refractivity contribution in [1.29, 1.82) is 0 Å². The van der Waals surface area contributed by atoms with Crippen LogP contribution < -0.4 is 10.1 Å². The standard InChI is InChI=1S/C28H35F2N3O3/c1-20-7-4-5-15-32(20)18-22-13-11-21(12-14-22)17-31-26(34)23-8-6-16-33(19-23)27(35)24-9-2-3-10-25(24)36-28(29)30/h2-3,9-14,20,23,28H,4-8,15-19H2,1H3,(H,31,34). The Labute approximate surface area is 211 Å². The number of carbonyl (C=O) groups excluding carboxylic acids is 2. The molecule has 2 saturated heterocycles. The molecule has 0 bridgehead atoms. The molecule has 8 heteroatoms. The van der Waals surface area contributed by atoms with Crippen molar-refractivity contribution >= 4 is 11.8 Å². The predicted octanol–water partition coefficient (Wildman–Crippen LogP) is 4.83. The van der Waals surface area contributed by atoms with Gasteiger partial charge in [-0.2, -0.15) is 8.78 Å². The Morgan fingerprint density at radius 1 is 1.00 bits per heavy atom. The van der Waals surface area contributed by atoms with Gasteiger partial charge in [0.15, 0.2) is 0 Å². The first-order chi connectivity index (χ1) is 17.4. The first-order valence-electron chi connectivity index (χ1n) is 12.8. The molecule has 0 aliphatic carbocycles. The van der Waals surface area contributed by atoms with Crippen molar-refractivity contribution in [1.82, 2.24) is 15.1 Å². The van der Waals surface area contributed by atoms with E-state index in [2.05, 4.69) is 46.1 Å².